The van der Waals surface area contributed by atoms with E-state index in [0.29, 0.717) is 12.8 Å². The van der Waals surface area contributed by atoms with Gasteiger partial charge in [0, 0.05) is 19.8 Å². The van der Waals surface area contributed by atoms with Crippen LogP contribution in [0.5, 0.6) is 0 Å². The van der Waals surface area contributed by atoms with Crippen molar-refractivity contribution < 1.29 is 104 Å². The minimum absolute atomic E-state index is 0.196. The van der Waals surface area contributed by atoms with E-state index in [9.17, 15) is 75.7 Å². The maximum Gasteiger partial charge on any atom is 0.364 e. The van der Waals surface area contributed by atoms with Crippen molar-refractivity contribution >= 4 is 17.8 Å². The summed E-state index contributed by atoms with van der Waals surface area (Å²) in [4.78, 5) is 38.6. The Morgan fingerprint density at radius 2 is 0.959 bits per heavy atom. The summed E-state index contributed by atoms with van der Waals surface area (Å²) in [5.41, 5.74) is 0. The molecule has 3 aliphatic heterocycles. The van der Waals surface area contributed by atoms with Crippen molar-refractivity contribution in [1.82, 2.24) is 10.6 Å². The fourth-order valence-corrected chi connectivity index (χ4v) is 13.5. The Kier molecular flexibility index (Phi) is 50.0. The molecule has 2 amide bonds. The number of carbonyl (C=O) groups excluding carboxylic acids is 2. The molecule has 18 unspecified atom stereocenters. The Morgan fingerprint density at radius 1 is 0.531 bits per heavy atom. The van der Waals surface area contributed by atoms with Gasteiger partial charge in [-0.2, -0.15) is 0 Å². The molecule has 0 spiro atoms. The highest BCUT2D eigenvalue weighted by molar-refractivity contribution is 5.77. The summed E-state index contributed by atoms with van der Waals surface area (Å²) in [6, 6.07) is -2.62. The Balaban J connectivity index is 1.56. The van der Waals surface area contributed by atoms with Gasteiger partial charge in [-0.05, 0) is 44.9 Å². The molecule has 3 aliphatic rings. The molecule has 3 rings (SSSR count). The second kappa shape index (κ2) is 54.8. The molecule has 0 aromatic carbocycles. The van der Waals surface area contributed by atoms with Crippen molar-refractivity contribution in [3.05, 3.63) is 24.3 Å². The summed E-state index contributed by atoms with van der Waals surface area (Å²) < 4.78 is 34.9. The molecule has 3 fully saturated rings. The van der Waals surface area contributed by atoms with Gasteiger partial charge in [-0.3, -0.25) is 9.59 Å². The Hall–Kier alpha value is -2.79. The summed E-state index contributed by atoms with van der Waals surface area (Å²) in [5.74, 6) is -6.14. The maximum atomic E-state index is 13.5. The van der Waals surface area contributed by atoms with Gasteiger partial charge in [0.15, 0.2) is 12.6 Å². The molecule has 23 heteroatoms. The highest BCUT2D eigenvalue weighted by atomic mass is 16.8. The average Bonchev–Trinajstić information content (AvgIpc) is 0.756. The number of carboxylic acids is 1. The normalized spacial score (nSPS) is 27.3. The quantitative estimate of drug-likeness (QED) is 0.0199. The molecule has 0 aromatic rings. The summed E-state index contributed by atoms with van der Waals surface area (Å²) in [6.07, 6.45) is 29.2. The van der Waals surface area contributed by atoms with Gasteiger partial charge in [0.05, 0.1) is 50.7 Å². The van der Waals surface area contributed by atoms with Crippen molar-refractivity contribution in [2.24, 2.45) is 0 Å². The minimum atomic E-state index is -3.08. The first-order valence-electron chi connectivity index (χ1n) is 38.7. The number of carbonyl (C=O) groups is 3. The number of hydrogen-bond donors (Lipinski definition) is 14. The van der Waals surface area contributed by atoms with Gasteiger partial charge in [-0.15, -0.1) is 0 Å². The molecule has 0 bridgehead atoms. The van der Waals surface area contributed by atoms with Crippen LogP contribution in [0.15, 0.2) is 24.3 Å². The number of hydrogen-bond acceptors (Lipinski definition) is 20. The molecule has 0 radical (unpaired) electrons. The molecule has 0 saturated carbocycles. The number of allylic oxidation sites excluding steroid dienone is 3. The molecule has 0 aromatic heterocycles. The Labute approximate surface area is 587 Å². The smallest absolute Gasteiger partial charge is 0.364 e. The number of ether oxygens (including phenoxy) is 6. The lowest BCUT2D eigenvalue weighted by Crippen LogP contribution is -2.70. The molecule has 0 aliphatic carbocycles. The number of aliphatic hydroxyl groups excluding tert-OH is 11. The zero-order valence-corrected chi connectivity index (χ0v) is 60.4. The number of unbranched alkanes of at least 4 members (excludes halogenated alkanes) is 38. The van der Waals surface area contributed by atoms with E-state index >= 15 is 0 Å². The van der Waals surface area contributed by atoms with E-state index in [2.05, 4.69) is 36.6 Å². The van der Waals surface area contributed by atoms with Crippen LogP contribution in [0.4, 0.5) is 0 Å². The fraction of sp³-hybridized carbons (Fsp3) is 0.907. The molecule has 23 nitrogen and oxygen atoms in total. The number of nitrogens with one attached hydrogen (secondary N) is 2. The first-order chi connectivity index (χ1) is 47.4. The zero-order chi connectivity index (χ0) is 71.8. The highest BCUT2D eigenvalue weighted by Gasteiger charge is 2.60. The number of carboxylic acid groups (broad SMARTS) is 1. The summed E-state index contributed by atoms with van der Waals surface area (Å²) in [7, 11) is 0. The van der Waals surface area contributed by atoms with Gasteiger partial charge in [0.25, 0.3) is 5.79 Å². The molecule has 18 atom stereocenters. The number of aliphatic hydroxyl groups is 11. The largest absolute Gasteiger partial charge is 0.477 e. The zero-order valence-electron chi connectivity index (χ0n) is 60.4. The van der Waals surface area contributed by atoms with Crippen LogP contribution in [-0.4, -0.2) is 215 Å². The lowest BCUT2D eigenvalue weighted by atomic mass is 9.88. The van der Waals surface area contributed by atoms with Gasteiger partial charge in [-0.1, -0.05) is 256 Å². The van der Waals surface area contributed by atoms with Crippen LogP contribution in [-0.2, 0) is 42.8 Å². The van der Waals surface area contributed by atoms with E-state index in [1.54, 1.807) is 6.08 Å². The van der Waals surface area contributed by atoms with Crippen molar-refractivity contribution in [1.29, 1.82) is 0 Å². The van der Waals surface area contributed by atoms with E-state index in [0.717, 1.165) is 77.6 Å². The topological polar surface area (TPSA) is 373 Å². The van der Waals surface area contributed by atoms with Crippen LogP contribution < -0.4 is 10.6 Å². The molecular formula is C75H138N2O21. The van der Waals surface area contributed by atoms with Crippen molar-refractivity contribution in [3.63, 3.8) is 0 Å². The van der Waals surface area contributed by atoms with Crippen molar-refractivity contribution in [2.75, 3.05) is 26.4 Å². The van der Waals surface area contributed by atoms with Gasteiger partial charge in [0.2, 0.25) is 11.8 Å². The van der Waals surface area contributed by atoms with Gasteiger partial charge in [-0.25, -0.2) is 4.79 Å². The van der Waals surface area contributed by atoms with E-state index < -0.39 is 155 Å². The number of amides is 2. The third kappa shape index (κ3) is 35.6. The first kappa shape index (κ1) is 89.4. The third-order valence-corrected chi connectivity index (χ3v) is 19.6. The van der Waals surface area contributed by atoms with Gasteiger partial charge in [0.1, 0.15) is 67.1 Å². The van der Waals surface area contributed by atoms with E-state index in [-0.39, 0.29) is 12.3 Å². The molecule has 14 N–H and O–H groups in total. The van der Waals surface area contributed by atoms with Crippen LogP contribution in [0, 0.1) is 0 Å². The predicted octanol–water partition coefficient (Wildman–Crippen LogP) is 9.18. The number of rotatable bonds is 60. The minimum Gasteiger partial charge on any atom is -0.477 e. The maximum absolute atomic E-state index is 13.5. The predicted molar refractivity (Wildman–Crippen MR) is 375 cm³/mol. The van der Waals surface area contributed by atoms with Crippen LogP contribution in [0.1, 0.15) is 297 Å². The summed E-state index contributed by atoms with van der Waals surface area (Å²) in [6.45, 7) is 2.17. The van der Waals surface area contributed by atoms with Gasteiger partial charge < -0.3 is 100 Å². The molecule has 3 saturated heterocycles. The lowest BCUT2D eigenvalue weighted by Gasteiger charge is -2.50. The molecule has 3 heterocycles. The lowest BCUT2D eigenvalue weighted by molar-refractivity contribution is -0.386. The van der Waals surface area contributed by atoms with Gasteiger partial charge >= 0.3 is 5.97 Å². The summed E-state index contributed by atoms with van der Waals surface area (Å²) >= 11 is 0. The Morgan fingerprint density at radius 3 is 1.39 bits per heavy atom. The number of aliphatic carboxylic acids is 1. The highest BCUT2D eigenvalue weighted by Crippen LogP contribution is 2.39. The van der Waals surface area contributed by atoms with Crippen molar-refractivity contribution in [2.45, 2.75) is 407 Å². The average molecular weight is 1400 g/mol. The second-order valence-electron chi connectivity index (χ2n) is 28.2. The first-order valence-corrected chi connectivity index (χ1v) is 38.7. The summed E-state index contributed by atoms with van der Waals surface area (Å²) in [5, 5.41) is 136. The standard InChI is InChI=1S/C75H138N2O21/c1-4-6-8-10-12-14-16-18-20-22-24-26-27-29-30-32-34-36-38-40-42-44-46-48-57(82)56(77-62(85)49-47-45-43-41-39-37-35-33-31-28-25-23-21-19-17-15-13-11-9-7-5-2)54-93-72-67(89)66(88)69(61(53-80)95-72)96-73-68(90)71(65(87)60(52-79)94-73)98-75(74(91)92)50-58(83)63(76-55(3)81)70(97-75)64(86)59(84)51-78/h28,31,46,48,56-61,63-73,78-80,82-84,86-90H,4-27,29-30,32-45,47,49-54H2,1-3H3,(H,76,81)(H,77,85)(H,91,92)/b31-28-,48-46+. The van der Waals surface area contributed by atoms with E-state index in [1.165, 1.54) is 180 Å². The molecule has 98 heavy (non-hydrogen) atoms. The monoisotopic (exact) mass is 1400 g/mol. The van der Waals surface area contributed by atoms with E-state index in [4.69, 9.17) is 28.4 Å². The van der Waals surface area contributed by atoms with Crippen LogP contribution in [0.25, 0.3) is 0 Å². The van der Waals surface area contributed by atoms with Crippen LogP contribution >= 0.6 is 0 Å². The molecule has 574 valence electrons. The SMILES string of the molecule is CCCCCCCCCCCC/C=C\CCCCCCCCCC(=O)NC(COC1OC(CO)C(OC2OC(CO)C(O)C(OC3(C(=O)O)CC(O)C(NC(C)=O)C(C(O)C(O)CO)O3)C2O)C(O)C1O)C(O)/C=C/CCCCCCCCCCCCCCCCCCCCCCC. The van der Waals surface area contributed by atoms with E-state index in [1.807, 2.05) is 6.08 Å². The van der Waals surface area contributed by atoms with Crippen molar-refractivity contribution in [3.8, 4) is 0 Å². The van der Waals surface area contributed by atoms with Crippen LogP contribution in [0.3, 0.4) is 0 Å². The van der Waals surface area contributed by atoms with Crippen LogP contribution in [0.2, 0.25) is 0 Å². The molecular weight excluding hydrogens is 1260 g/mol. The second-order valence-corrected chi connectivity index (χ2v) is 28.2. The Bertz CT molecular complexity index is 2060. The third-order valence-electron chi connectivity index (χ3n) is 19.6. The fourth-order valence-electron chi connectivity index (χ4n) is 13.5.